The van der Waals surface area contributed by atoms with E-state index in [-0.39, 0.29) is 5.78 Å². The number of ether oxygens (including phenoxy) is 1. The van der Waals surface area contributed by atoms with Crippen LogP contribution < -0.4 is 5.32 Å². The average molecular weight is 403 g/mol. The lowest BCUT2D eigenvalue weighted by atomic mass is 10.1. The first kappa shape index (κ1) is 20.7. The summed E-state index contributed by atoms with van der Waals surface area (Å²) in [5, 5.41) is 6.85. The number of carbonyl (C=O) groups excluding carboxylic acids is 3. The molecule has 0 aliphatic heterocycles. The van der Waals surface area contributed by atoms with Gasteiger partial charge in [-0.2, -0.15) is 5.10 Å². The number of Topliss-reactive ketones (excluding diaryl/α,β-unsaturated/α-hetero) is 1. The molecule has 0 saturated heterocycles. The molecule has 0 fully saturated rings. The van der Waals surface area contributed by atoms with E-state index in [1.165, 1.54) is 13.0 Å². The molecule has 1 N–H and O–H groups in total. The average Bonchev–Trinajstić information content (AvgIpc) is 3.19. The molecule has 2 aromatic carbocycles. The maximum atomic E-state index is 11.9. The number of ketones is 1. The second kappa shape index (κ2) is 9.97. The number of rotatable bonds is 8. The fourth-order valence-electron chi connectivity index (χ4n) is 2.66. The molecule has 0 atom stereocenters. The largest absolute Gasteiger partial charge is 0.452 e. The smallest absolute Gasteiger partial charge is 0.331 e. The normalized spacial score (nSPS) is 10.7. The summed E-state index contributed by atoms with van der Waals surface area (Å²) in [6, 6.07) is 16.4. The third-order valence-corrected chi connectivity index (χ3v) is 4.17. The molecule has 1 heterocycles. The van der Waals surface area contributed by atoms with E-state index >= 15 is 0 Å². The van der Waals surface area contributed by atoms with Crippen molar-refractivity contribution in [3.8, 4) is 0 Å². The van der Waals surface area contributed by atoms with Crippen molar-refractivity contribution in [1.29, 1.82) is 0 Å². The number of nitrogens with one attached hydrogen (secondary N) is 1. The van der Waals surface area contributed by atoms with Gasteiger partial charge in [-0.25, -0.2) is 4.79 Å². The van der Waals surface area contributed by atoms with Crippen LogP contribution in [0.2, 0.25) is 0 Å². The molecule has 3 rings (SSSR count). The SMILES string of the molecule is CC(=O)c1ccc(NC(=O)COC(=O)/C=C/c2cnn(Cc3ccccc3)c2)cc1. The van der Waals surface area contributed by atoms with Gasteiger partial charge in [-0.3, -0.25) is 14.3 Å². The fraction of sp³-hybridized carbons (Fsp3) is 0.130. The molecular formula is C23H21N3O4. The van der Waals surface area contributed by atoms with Gasteiger partial charge in [0.2, 0.25) is 0 Å². The van der Waals surface area contributed by atoms with Gasteiger partial charge in [-0.15, -0.1) is 0 Å². The molecule has 7 nitrogen and oxygen atoms in total. The quantitative estimate of drug-likeness (QED) is 0.354. The van der Waals surface area contributed by atoms with Crippen molar-refractivity contribution < 1.29 is 19.1 Å². The van der Waals surface area contributed by atoms with E-state index in [0.29, 0.717) is 17.8 Å². The molecular weight excluding hydrogens is 382 g/mol. The van der Waals surface area contributed by atoms with E-state index in [2.05, 4.69) is 10.4 Å². The summed E-state index contributed by atoms with van der Waals surface area (Å²) >= 11 is 0. The summed E-state index contributed by atoms with van der Waals surface area (Å²) in [7, 11) is 0. The lowest BCUT2D eigenvalue weighted by Gasteiger charge is -2.05. The molecule has 30 heavy (non-hydrogen) atoms. The number of aromatic nitrogens is 2. The van der Waals surface area contributed by atoms with E-state index < -0.39 is 18.5 Å². The summed E-state index contributed by atoms with van der Waals surface area (Å²) in [5.74, 6) is -1.16. The number of carbonyl (C=O) groups is 3. The molecule has 0 aliphatic carbocycles. The highest BCUT2D eigenvalue weighted by molar-refractivity contribution is 5.96. The van der Waals surface area contributed by atoms with Gasteiger partial charge >= 0.3 is 5.97 Å². The summed E-state index contributed by atoms with van der Waals surface area (Å²) < 4.78 is 6.71. The van der Waals surface area contributed by atoms with Crippen LogP contribution in [0.3, 0.4) is 0 Å². The van der Waals surface area contributed by atoms with Crippen molar-refractivity contribution in [1.82, 2.24) is 9.78 Å². The lowest BCUT2D eigenvalue weighted by Crippen LogP contribution is -2.20. The Morgan fingerprint density at radius 3 is 2.50 bits per heavy atom. The first-order valence-corrected chi connectivity index (χ1v) is 9.31. The van der Waals surface area contributed by atoms with E-state index in [9.17, 15) is 14.4 Å². The van der Waals surface area contributed by atoms with Crippen molar-refractivity contribution >= 4 is 29.4 Å². The third kappa shape index (κ3) is 6.27. The van der Waals surface area contributed by atoms with Crippen LogP contribution in [0.25, 0.3) is 6.08 Å². The highest BCUT2D eigenvalue weighted by Gasteiger charge is 2.07. The molecule has 0 unspecified atom stereocenters. The van der Waals surface area contributed by atoms with Crippen LogP contribution in [0.1, 0.15) is 28.4 Å². The first-order chi connectivity index (χ1) is 14.5. The van der Waals surface area contributed by atoms with E-state index in [1.807, 2.05) is 36.5 Å². The fourth-order valence-corrected chi connectivity index (χ4v) is 2.66. The van der Waals surface area contributed by atoms with Crippen LogP contribution in [0.4, 0.5) is 5.69 Å². The first-order valence-electron chi connectivity index (χ1n) is 9.31. The Hall–Kier alpha value is -4.00. The van der Waals surface area contributed by atoms with Crippen molar-refractivity contribution in [3.05, 3.63) is 89.8 Å². The number of anilines is 1. The maximum Gasteiger partial charge on any atom is 0.331 e. The van der Waals surface area contributed by atoms with Crippen LogP contribution in [0.5, 0.6) is 0 Å². The molecule has 0 spiro atoms. The molecule has 0 bridgehead atoms. The number of amides is 1. The van der Waals surface area contributed by atoms with Crippen LogP contribution >= 0.6 is 0 Å². The number of nitrogens with zero attached hydrogens (tertiary/aromatic N) is 2. The minimum absolute atomic E-state index is 0.0563. The van der Waals surface area contributed by atoms with Crippen molar-refractivity contribution in [3.63, 3.8) is 0 Å². The predicted molar refractivity (Wildman–Crippen MR) is 113 cm³/mol. The van der Waals surface area contributed by atoms with Gasteiger partial charge < -0.3 is 10.1 Å². The van der Waals surface area contributed by atoms with Gasteiger partial charge in [0.15, 0.2) is 12.4 Å². The zero-order valence-electron chi connectivity index (χ0n) is 16.4. The number of hydrogen-bond donors (Lipinski definition) is 1. The molecule has 0 aliphatic rings. The Bertz CT molecular complexity index is 1050. The highest BCUT2D eigenvalue weighted by Crippen LogP contribution is 2.10. The number of hydrogen-bond acceptors (Lipinski definition) is 5. The summed E-state index contributed by atoms with van der Waals surface area (Å²) in [6.45, 7) is 1.69. The van der Waals surface area contributed by atoms with E-state index in [1.54, 1.807) is 41.2 Å². The van der Waals surface area contributed by atoms with Crippen molar-refractivity contribution in [2.24, 2.45) is 0 Å². The minimum Gasteiger partial charge on any atom is -0.452 e. The second-order valence-electron chi connectivity index (χ2n) is 6.58. The molecule has 7 heteroatoms. The number of benzene rings is 2. The molecule has 1 aromatic heterocycles. The lowest BCUT2D eigenvalue weighted by molar-refractivity contribution is -0.142. The third-order valence-electron chi connectivity index (χ3n) is 4.17. The molecule has 152 valence electrons. The Morgan fingerprint density at radius 1 is 1.07 bits per heavy atom. The van der Waals surface area contributed by atoms with Crippen LogP contribution in [-0.4, -0.2) is 34.0 Å². The second-order valence-corrected chi connectivity index (χ2v) is 6.58. The molecule has 0 saturated carbocycles. The number of esters is 1. The minimum atomic E-state index is -0.632. The Labute approximate surface area is 174 Å². The van der Waals surface area contributed by atoms with Crippen LogP contribution in [0.15, 0.2) is 73.1 Å². The summed E-state index contributed by atoms with van der Waals surface area (Å²) in [5.41, 5.74) is 2.94. The summed E-state index contributed by atoms with van der Waals surface area (Å²) in [4.78, 5) is 35.0. The predicted octanol–water partition coefficient (Wildman–Crippen LogP) is 3.33. The van der Waals surface area contributed by atoms with Crippen LogP contribution in [0, 0.1) is 0 Å². The monoisotopic (exact) mass is 403 g/mol. The highest BCUT2D eigenvalue weighted by atomic mass is 16.5. The molecule has 1 amide bonds. The molecule has 3 aromatic rings. The van der Waals surface area contributed by atoms with Gasteiger partial charge in [0, 0.05) is 29.1 Å². The van der Waals surface area contributed by atoms with Crippen molar-refractivity contribution in [2.75, 3.05) is 11.9 Å². The zero-order chi connectivity index (χ0) is 21.3. The van der Waals surface area contributed by atoms with Gasteiger partial charge in [0.05, 0.1) is 12.7 Å². The standard InChI is InChI=1S/C23H21N3O4/c1-17(27)20-8-10-21(11-9-20)25-22(28)16-30-23(29)12-7-19-13-24-26(15-19)14-18-5-3-2-4-6-18/h2-13,15H,14,16H2,1H3,(H,25,28)/b12-7+. The topological polar surface area (TPSA) is 90.3 Å². The van der Waals surface area contributed by atoms with Crippen LogP contribution in [-0.2, 0) is 20.9 Å². The maximum absolute atomic E-state index is 11.9. The zero-order valence-corrected chi connectivity index (χ0v) is 16.4. The van der Waals surface area contributed by atoms with Crippen molar-refractivity contribution in [2.45, 2.75) is 13.5 Å². The van der Waals surface area contributed by atoms with E-state index in [0.717, 1.165) is 11.1 Å². The molecule has 0 radical (unpaired) electrons. The Kier molecular flexibility index (Phi) is 6.89. The van der Waals surface area contributed by atoms with Gasteiger partial charge in [-0.05, 0) is 42.8 Å². The Balaban J connectivity index is 1.44. The van der Waals surface area contributed by atoms with E-state index in [4.69, 9.17) is 4.74 Å². The van der Waals surface area contributed by atoms with Gasteiger partial charge in [0.25, 0.3) is 5.91 Å². The summed E-state index contributed by atoms with van der Waals surface area (Å²) in [6.07, 6.45) is 6.28. The van der Waals surface area contributed by atoms with Gasteiger partial charge in [0.1, 0.15) is 0 Å². The van der Waals surface area contributed by atoms with Gasteiger partial charge in [-0.1, -0.05) is 30.3 Å². The Morgan fingerprint density at radius 2 is 1.80 bits per heavy atom.